The van der Waals surface area contributed by atoms with E-state index < -0.39 is 0 Å². The zero-order chi connectivity index (χ0) is 15.2. The third kappa shape index (κ3) is 4.07. The van der Waals surface area contributed by atoms with Crippen molar-refractivity contribution in [3.63, 3.8) is 0 Å². The highest BCUT2D eigenvalue weighted by Crippen LogP contribution is 2.28. The molecule has 0 atom stereocenters. The largest absolute Gasteiger partial charge is 0.386 e. The van der Waals surface area contributed by atoms with Gasteiger partial charge in [-0.2, -0.15) is 0 Å². The van der Waals surface area contributed by atoms with Gasteiger partial charge >= 0.3 is 0 Å². The molecule has 5 heteroatoms. The van der Waals surface area contributed by atoms with Gasteiger partial charge in [0.15, 0.2) is 0 Å². The van der Waals surface area contributed by atoms with Crippen LogP contribution in [0.2, 0.25) is 5.02 Å². The standard InChI is InChI=1S/C16H16ClN3O/c1-11-8-15(14(18-2)9-13(11)17)20-16(21)6-5-12-4-3-7-19-10-12/h3-10,18H,1-2H3,(H,20,21)/b6-5+. The van der Waals surface area contributed by atoms with Crippen LogP contribution in [-0.2, 0) is 4.79 Å². The van der Waals surface area contributed by atoms with Crippen LogP contribution in [0.15, 0.2) is 42.7 Å². The Morgan fingerprint density at radius 2 is 2.14 bits per heavy atom. The van der Waals surface area contributed by atoms with Gasteiger partial charge in [0.2, 0.25) is 5.91 Å². The first kappa shape index (κ1) is 15.1. The van der Waals surface area contributed by atoms with Gasteiger partial charge < -0.3 is 10.6 Å². The van der Waals surface area contributed by atoms with Crippen molar-refractivity contribution in [1.29, 1.82) is 0 Å². The maximum absolute atomic E-state index is 12.0. The molecule has 0 spiro atoms. The Bertz CT molecular complexity index is 669. The molecule has 21 heavy (non-hydrogen) atoms. The highest BCUT2D eigenvalue weighted by Gasteiger charge is 2.07. The fourth-order valence-electron chi connectivity index (χ4n) is 1.81. The smallest absolute Gasteiger partial charge is 0.248 e. The molecule has 4 nitrogen and oxygen atoms in total. The number of nitrogens with one attached hydrogen (secondary N) is 2. The molecule has 0 aliphatic heterocycles. The summed E-state index contributed by atoms with van der Waals surface area (Å²) >= 11 is 6.07. The van der Waals surface area contributed by atoms with E-state index in [1.807, 2.05) is 25.1 Å². The van der Waals surface area contributed by atoms with Crippen LogP contribution in [0.25, 0.3) is 6.08 Å². The van der Waals surface area contributed by atoms with Crippen LogP contribution in [-0.4, -0.2) is 17.9 Å². The Kier molecular flexibility index (Phi) is 4.95. The zero-order valence-electron chi connectivity index (χ0n) is 11.9. The van der Waals surface area contributed by atoms with Gasteiger partial charge in [0.25, 0.3) is 0 Å². The summed E-state index contributed by atoms with van der Waals surface area (Å²) in [5.74, 6) is -0.211. The van der Waals surface area contributed by atoms with Crippen molar-refractivity contribution >= 4 is 35.0 Å². The minimum atomic E-state index is -0.211. The highest BCUT2D eigenvalue weighted by atomic mass is 35.5. The van der Waals surface area contributed by atoms with E-state index >= 15 is 0 Å². The molecule has 1 heterocycles. The number of aryl methyl sites for hydroxylation is 1. The topological polar surface area (TPSA) is 54.0 Å². The molecule has 0 aliphatic carbocycles. The number of halogens is 1. The summed E-state index contributed by atoms with van der Waals surface area (Å²) in [6.07, 6.45) is 6.56. The lowest BCUT2D eigenvalue weighted by Crippen LogP contribution is -2.10. The Morgan fingerprint density at radius 3 is 2.81 bits per heavy atom. The molecule has 0 bridgehead atoms. The third-order valence-electron chi connectivity index (χ3n) is 2.94. The van der Waals surface area contributed by atoms with Gasteiger partial charge in [-0.15, -0.1) is 0 Å². The van der Waals surface area contributed by atoms with E-state index in [9.17, 15) is 4.79 Å². The molecule has 0 aliphatic rings. The van der Waals surface area contributed by atoms with Crippen molar-refractivity contribution in [3.8, 4) is 0 Å². The van der Waals surface area contributed by atoms with Crippen LogP contribution in [0.5, 0.6) is 0 Å². The van der Waals surface area contributed by atoms with Crippen molar-refractivity contribution in [3.05, 3.63) is 58.9 Å². The minimum absolute atomic E-state index is 0.211. The molecular formula is C16H16ClN3O. The molecule has 2 N–H and O–H groups in total. The van der Waals surface area contributed by atoms with Crippen LogP contribution >= 0.6 is 11.6 Å². The monoisotopic (exact) mass is 301 g/mol. The average Bonchev–Trinajstić information content (AvgIpc) is 2.49. The number of hydrogen-bond acceptors (Lipinski definition) is 3. The first-order valence-electron chi connectivity index (χ1n) is 6.47. The second-order valence-corrected chi connectivity index (χ2v) is 4.91. The van der Waals surface area contributed by atoms with E-state index in [1.165, 1.54) is 6.08 Å². The fourth-order valence-corrected chi connectivity index (χ4v) is 1.98. The quantitative estimate of drug-likeness (QED) is 0.846. The van der Waals surface area contributed by atoms with Gasteiger partial charge in [-0.05, 0) is 42.3 Å². The Balaban J connectivity index is 2.13. The van der Waals surface area contributed by atoms with Crippen molar-refractivity contribution in [1.82, 2.24) is 4.98 Å². The highest BCUT2D eigenvalue weighted by molar-refractivity contribution is 6.31. The lowest BCUT2D eigenvalue weighted by molar-refractivity contribution is -0.111. The van der Waals surface area contributed by atoms with Crippen LogP contribution in [0.1, 0.15) is 11.1 Å². The number of amides is 1. The molecule has 2 rings (SSSR count). The minimum Gasteiger partial charge on any atom is -0.386 e. The normalized spacial score (nSPS) is 10.6. The molecule has 1 aromatic carbocycles. The number of hydrogen-bond donors (Lipinski definition) is 2. The zero-order valence-corrected chi connectivity index (χ0v) is 12.6. The number of benzene rings is 1. The van der Waals surface area contributed by atoms with E-state index in [0.29, 0.717) is 10.7 Å². The van der Waals surface area contributed by atoms with Crippen LogP contribution in [0.3, 0.4) is 0 Å². The number of rotatable bonds is 4. The van der Waals surface area contributed by atoms with E-state index in [2.05, 4.69) is 15.6 Å². The molecular weight excluding hydrogens is 286 g/mol. The summed E-state index contributed by atoms with van der Waals surface area (Å²) in [7, 11) is 1.78. The van der Waals surface area contributed by atoms with E-state index in [-0.39, 0.29) is 5.91 Å². The SMILES string of the molecule is CNc1cc(Cl)c(C)cc1NC(=O)/C=C/c1cccnc1. The van der Waals surface area contributed by atoms with Crippen LogP contribution in [0.4, 0.5) is 11.4 Å². The first-order chi connectivity index (χ1) is 10.1. The molecule has 1 amide bonds. The van der Waals surface area contributed by atoms with Gasteiger partial charge in [-0.25, -0.2) is 0 Å². The number of carbonyl (C=O) groups is 1. The Hall–Kier alpha value is -2.33. The van der Waals surface area contributed by atoms with E-state index in [4.69, 9.17) is 11.6 Å². The van der Waals surface area contributed by atoms with Gasteiger partial charge in [0.05, 0.1) is 11.4 Å². The fraction of sp³-hybridized carbons (Fsp3) is 0.125. The number of carbonyl (C=O) groups excluding carboxylic acids is 1. The maximum Gasteiger partial charge on any atom is 0.248 e. The summed E-state index contributed by atoms with van der Waals surface area (Å²) in [4.78, 5) is 16.0. The Labute approximate surface area is 128 Å². The lowest BCUT2D eigenvalue weighted by Gasteiger charge is -2.11. The van der Waals surface area contributed by atoms with Gasteiger partial charge in [-0.3, -0.25) is 9.78 Å². The van der Waals surface area contributed by atoms with E-state index in [0.717, 1.165) is 16.8 Å². The third-order valence-corrected chi connectivity index (χ3v) is 3.34. The van der Waals surface area contributed by atoms with E-state index in [1.54, 1.807) is 31.6 Å². The van der Waals surface area contributed by atoms with Gasteiger partial charge in [0, 0.05) is 30.5 Å². The molecule has 0 saturated heterocycles. The van der Waals surface area contributed by atoms with Gasteiger partial charge in [0.1, 0.15) is 0 Å². The summed E-state index contributed by atoms with van der Waals surface area (Å²) in [5.41, 5.74) is 3.24. The van der Waals surface area contributed by atoms with Crippen molar-refractivity contribution < 1.29 is 4.79 Å². The molecule has 0 radical (unpaired) electrons. The van der Waals surface area contributed by atoms with Crippen molar-refractivity contribution in [2.75, 3.05) is 17.7 Å². The lowest BCUT2D eigenvalue weighted by atomic mass is 10.2. The predicted molar refractivity (Wildman–Crippen MR) is 87.6 cm³/mol. The van der Waals surface area contributed by atoms with Crippen LogP contribution < -0.4 is 10.6 Å². The van der Waals surface area contributed by atoms with Crippen LogP contribution in [0, 0.1) is 6.92 Å². The molecule has 108 valence electrons. The molecule has 2 aromatic rings. The molecule has 0 fully saturated rings. The molecule has 1 aromatic heterocycles. The first-order valence-corrected chi connectivity index (χ1v) is 6.85. The van der Waals surface area contributed by atoms with Crippen molar-refractivity contribution in [2.24, 2.45) is 0 Å². The second kappa shape index (κ2) is 6.90. The average molecular weight is 302 g/mol. The summed E-state index contributed by atoms with van der Waals surface area (Å²) in [5, 5.41) is 6.50. The maximum atomic E-state index is 12.0. The van der Waals surface area contributed by atoms with Gasteiger partial charge in [-0.1, -0.05) is 17.7 Å². The molecule has 0 unspecified atom stereocenters. The number of aromatic nitrogens is 1. The van der Waals surface area contributed by atoms with Crippen molar-refractivity contribution in [2.45, 2.75) is 6.92 Å². The second-order valence-electron chi connectivity index (χ2n) is 4.51. The number of anilines is 2. The summed E-state index contributed by atoms with van der Waals surface area (Å²) in [6, 6.07) is 7.32. The predicted octanol–water partition coefficient (Wildman–Crippen LogP) is 3.74. The number of pyridine rings is 1. The number of nitrogens with zero attached hydrogens (tertiary/aromatic N) is 1. The summed E-state index contributed by atoms with van der Waals surface area (Å²) in [6.45, 7) is 1.89. The Morgan fingerprint density at radius 1 is 1.33 bits per heavy atom. The summed E-state index contributed by atoms with van der Waals surface area (Å²) < 4.78 is 0. The molecule has 0 saturated carbocycles.